The standard InChI is InChI=1S/C15H18N2/c1-16-14-8-11-17-10-5-9-15(14,17)12-13-6-3-2-4-7-13/h2-4,6-7,14H,5,8-12H2/t14-,15+/m0/s1. The fourth-order valence-corrected chi connectivity index (χ4v) is 3.67. The van der Waals surface area contributed by atoms with Crippen LogP contribution in [-0.4, -0.2) is 29.6 Å². The predicted molar refractivity (Wildman–Crippen MR) is 68.7 cm³/mol. The van der Waals surface area contributed by atoms with E-state index in [2.05, 4.69) is 40.1 Å². The van der Waals surface area contributed by atoms with Gasteiger partial charge in [-0.25, -0.2) is 6.57 Å². The summed E-state index contributed by atoms with van der Waals surface area (Å²) in [5.41, 5.74) is 1.54. The highest BCUT2D eigenvalue weighted by Crippen LogP contribution is 2.43. The molecule has 2 heteroatoms. The van der Waals surface area contributed by atoms with Crippen molar-refractivity contribution in [2.45, 2.75) is 37.3 Å². The van der Waals surface area contributed by atoms with Crippen molar-refractivity contribution < 1.29 is 0 Å². The predicted octanol–water partition coefficient (Wildman–Crippen LogP) is 2.76. The van der Waals surface area contributed by atoms with Gasteiger partial charge in [-0.15, -0.1) is 0 Å². The lowest BCUT2D eigenvalue weighted by atomic mass is 9.83. The van der Waals surface area contributed by atoms with Crippen molar-refractivity contribution in [3.05, 3.63) is 47.3 Å². The minimum atomic E-state index is 0.156. The van der Waals surface area contributed by atoms with Gasteiger partial charge in [-0.3, -0.25) is 4.90 Å². The van der Waals surface area contributed by atoms with Gasteiger partial charge in [0, 0.05) is 13.0 Å². The second-order valence-corrected chi connectivity index (χ2v) is 5.29. The van der Waals surface area contributed by atoms with E-state index in [9.17, 15) is 0 Å². The van der Waals surface area contributed by atoms with Crippen LogP contribution < -0.4 is 0 Å². The molecule has 0 bridgehead atoms. The van der Waals surface area contributed by atoms with Crippen molar-refractivity contribution in [2.75, 3.05) is 13.1 Å². The second kappa shape index (κ2) is 4.16. The Hall–Kier alpha value is -1.33. The number of nitrogens with zero attached hydrogens (tertiary/aromatic N) is 2. The lowest BCUT2D eigenvalue weighted by Gasteiger charge is -2.31. The van der Waals surface area contributed by atoms with E-state index in [0.29, 0.717) is 0 Å². The number of fused-ring (bicyclic) bond motifs is 1. The van der Waals surface area contributed by atoms with Crippen LogP contribution in [0.1, 0.15) is 24.8 Å². The molecule has 0 spiro atoms. The first-order valence-corrected chi connectivity index (χ1v) is 6.51. The average Bonchev–Trinajstić information content (AvgIpc) is 2.88. The van der Waals surface area contributed by atoms with Crippen LogP contribution in [0.2, 0.25) is 0 Å². The molecule has 0 radical (unpaired) electrons. The second-order valence-electron chi connectivity index (χ2n) is 5.29. The van der Waals surface area contributed by atoms with Gasteiger partial charge in [-0.05, 0) is 31.4 Å². The SMILES string of the molecule is [C-]#[N+][C@H]1CCN2CCC[C@@]12Cc1ccccc1. The monoisotopic (exact) mass is 226 g/mol. The van der Waals surface area contributed by atoms with Gasteiger partial charge in [-0.1, -0.05) is 30.3 Å². The van der Waals surface area contributed by atoms with Crippen molar-refractivity contribution in [2.24, 2.45) is 0 Å². The highest BCUT2D eigenvalue weighted by molar-refractivity contribution is 5.23. The molecule has 3 rings (SSSR count). The lowest BCUT2D eigenvalue weighted by molar-refractivity contribution is 0.189. The fourth-order valence-electron chi connectivity index (χ4n) is 3.67. The van der Waals surface area contributed by atoms with Crippen molar-refractivity contribution in [1.82, 2.24) is 4.90 Å². The number of benzene rings is 1. The lowest BCUT2D eigenvalue weighted by Crippen LogP contribution is -2.46. The molecular formula is C15H18N2. The zero-order valence-electron chi connectivity index (χ0n) is 10.1. The van der Waals surface area contributed by atoms with E-state index < -0.39 is 0 Å². The maximum atomic E-state index is 7.44. The largest absolute Gasteiger partial charge is 0.312 e. The van der Waals surface area contributed by atoms with Crippen LogP contribution in [0.3, 0.4) is 0 Å². The van der Waals surface area contributed by atoms with Gasteiger partial charge in [-0.2, -0.15) is 0 Å². The van der Waals surface area contributed by atoms with Crippen LogP contribution in [0.5, 0.6) is 0 Å². The van der Waals surface area contributed by atoms with Gasteiger partial charge in [0.2, 0.25) is 6.04 Å². The third kappa shape index (κ3) is 1.66. The molecule has 1 aromatic carbocycles. The van der Waals surface area contributed by atoms with Crippen LogP contribution >= 0.6 is 0 Å². The average molecular weight is 226 g/mol. The minimum Gasteiger partial charge on any atom is -0.312 e. The maximum absolute atomic E-state index is 7.44. The number of hydrogen-bond acceptors (Lipinski definition) is 1. The summed E-state index contributed by atoms with van der Waals surface area (Å²) >= 11 is 0. The van der Waals surface area contributed by atoms with Gasteiger partial charge in [0.15, 0.2) is 0 Å². The zero-order valence-corrected chi connectivity index (χ0v) is 10.1. The molecule has 0 unspecified atom stereocenters. The van der Waals surface area contributed by atoms with Crippen molar-refractivity contribution in [3.63, 3.8) is 0 Å². The Bertz CT molecular complexity index is 434. The summed E-state index contributed by atoms with van der Waals surface area (Å²) in [5.74, 6) is 0. The summed E-state index contributed by atoms with van der Waals surface area (Å²) in [5, 5.41) is 0. The van der Waals surface area contributed by atoms with Crippen LogP contribution in [-0.2, 0) is 6.42 Å². The minimum absolute atomic E-state index is 0.156. The van der Waals surface area contributed by atoms with Gasteiger partial charge in [0.25, 0.3) is 0 Å². The molecule has 2 saturated heterocycles. The molecule has 2 heterocycles. The Morgan fingerprint density at radius 2 is 2.12 bits per heavy atom. The molecule has 1 aromatic rings. The summed E-state index contributed by atoms with van der Waals surface area (Å²) in [7, 11) is 0. The molecule has 0 aromatic heterocycles. The van der Waals surface area contributed by atoms with E-state index in [1.54, 1.807) is 0 Å². The molecule has 17 heavy (non-hydrogen) atoms. The summed E-state index contributed by atoms with van der Waals surface area (Å²) in [6.45, 7) is 9.76. The van der Waals surface area contributed by atoms with E-state index >= 15 is 0 Å². The van der Waals surface area contributed by atoms with Crippen LogP contribution in [0.25, 0.3) is 4.85 Å². The van der Waals surface area contributed by atoms with E-state index in [-0.39, 0.29) is 11.6 Å². The first-order valence-electron chi connectivity index (χ1n) is 6.51. The molecule has 0 amide bonds. The third-order valence-corrected chi connectivity index (χ3v) is 4.47. The van der Waals surface area contributed by atoms with E-state index in [1.807, 2.05) is 0 Å². The van der Waals surface area contributed by atoms with Gasteiger partial charge in [0.1, 0.15) is 5.54 Å². The Balaban J connectivity index is 1.90. The van der Waals surface area contributed by atoms with Gasteiger partial charge >= 0.3 is 0 Å². The molecule has 88 valence electrons. The molecule has 2 aliphatic rings. The number of rotatable bonds is 2. The third-order valence-electron chi connectivity index (χ3n) is 4.47. The van der Waals surface area contributed by atoms with Gasteiger partial charge < -0.3 is 4.85 Å². The molecule has 0 saturated carbocycles. The summed E-state index contributed by atoms with van der Waals surface area (Å²) in [4.78, 5) is 6.48. The van der Waals surface area contributed by atoms with Gasteiger partial charge in [0.05, 0.1) is 0 Å². The van der Waals surface area contributed by atoms with Crippen molar-refractivity contribution >= 4 is 0 Å². The quantitative estimate of drug-likeness (QED) is 0.704. The Morgan fingerprint density at radius 3 is 2.88 bits per heavy atom. The number of hydrogen-bond donors (Lipinski definition) is 0. The smallest absolute Gasteiger partial charge is 0.243 e. The summed E-state index contributed by atoms with van der Waals surface area (Å²) in [6, 6.07) is 10.9. The van der Waals surface area contributed by atoms with Crippen molar-refractivity contribution in [3.8, 4) is 0 Å². The molecule has 2 nitrogen and oxygen atoms in total. The molecule has 2 aliphatic heterocycles. The molecule has 0 aliphatic carbocycles. The fraction of sp³-hybridized carbons (Fsp3) is 0.533. The highest BCUT2D eigenvalue weighted by atomic mass is 15.3. The van der Waals surface area contributed by atoms with E-state index in [4.69, 9.17) is 6.57 Å². The van der Waals surface area contributed by atoms with E-state index in [0.717, 1.165) is 19.4 Å². The first kappa shape index (κ1) is 10.8. The highest BCUT2D eigenvalue weighted by Gasteiger charge is 2.55. The molecule has 2 fully saturated rings. The molecule has 2 atom stereocenters. The summed E-state index contributed by atoms with van der Waals surface area (Å²) in [6.07, 6.45) is 4.59. The first-order chi connectivity index (χ1) is 8.35. The van der Waals surface area contributed by atoms with Crippen LogP contribution in [0, 0.1) is 6.57 Å². The Kier molecular flexibility index (Phi) is 2.64. The van der Waals surface area contributed by atoms with Crippen molar-refractivity contribution in [1.29, 1.82) is 0 Å². The molecular weight excluding hydrogens is 208 g/mol. The Labute approximate surface area is 103 Å². The Morgan fingerprint density at radius 1 is 1.29 bits per heavy atom. The van der Waals surface area contributed by atoms with Crippen LogP contribution in [0.4, 0.5) is 0 Å². The normalized spacial score (nSPS) is 32.3. The van der Waals surface area contributed by atoms with Crippen LogP contribution in [0.15, 0.2) is 30.3 Å². The van der Waals surface area contributed by atoms with E-state index in [1.165, 1.54) is 24.9 Å². The summed E-state index contributed by atoms with van der Waals surface area (Å²) < 4.78 is 0. The molecule has 0 N–H and O–H groups in total. The topological polar surface area (TPSA) is 7.60 Å². The maximum Gasteiger partial charge on any atom is 0.243 e. The zero-order chi connectivity index (χ0) is 11.7.